The van der Waals surface area contributed by atoms with Crippen molar-refractivity contribution in [2.24, 2.45) is 0 Å². The van der Waals surface area contributed by atoms with Crippen molar-refractivity contribution in [2.75, 3.05) is 16.8 Å². The Bertz CT molecular complexity index is 1850. The minimum absolute atomic E-state index is 0.0541. The molecule has 0 unspecified atom stereocenters. The number of aryl methyl sites for hydroxylation is 1. The number of fused-ring (bicyclic) bond motifs is 3. The number of imidazole rings is 1. The van der Waals surface area contributed by atoms with Gasteiger partial charge in [0, 0.05) is 22.5 Å². The fourth-order valence-corrected chi connectivity index (χ4v) is 6.70. The zero-order valence-electron chi connectivity index (χ0n) is 23.2. The third kappa shape index (κ3) is 4.50. The topological polar surface area (TPSA) is 80.1 Å². The number of aromatic nitrogens is 3. The number of benzene rings is 2. The van der Waals surface area contributed by atoms with Crippen molar-refractivity contribution in [3.63, 3.8) is 0 Å². The number of para-hydroxylation sites is 2. The van der Waals surface area contributed by atoms with Gasteiger partial charge in [0.15, 0.2) is 0 Å². The van der Waals surface area contributed by atoms with E-state index in [0.717, 1.165) is 45.9 Å². The molecule has 0 atom stereocenters. The van der Waals surface area contributed by atoms with Crippen LogP contribution in [0.25, 0.3) is 21.8 Å². The smallest absolute Gasteiger partial charge is 0.276 e. The monoisotopic (exact) mass is 577 g/mol. The standard InChI is InChI=1S/C33H28FN5O2S/c1-20-7-5-9-23(34)29(20)37-31(40)28-17-21-13-16-38(26-12-4-3-8-22(26)30(21)42-28)32(41)25-11-6-10-24(36-25)27-18-35-19-39(27)33(2)14-15-33/h3-12,17-19H,13-16H2,1-2H3,(H,37,40). The van der Waals surface area contributed by atoms with Gasteiger partial charge in [0.1, 0.15) is 11.5 Å². The Balaban J connectivity index is 1.19. The molecule has 42 heavy (non-hydrogen) atoms. The number of rotatable bonds is 5. The molecule has 7 nitrogen and oxygen atoms in total. The molecule has 1 N–H and O–H groups in total. The molecule has 2 aliphatic rings. The molecule has 0 saturated heterocycles. The summed E-state index contributed by atoms with van der Waals surface area (Å²) in [6, 6.07) is 19.8. The van der Waals surface area contributed by atoms with Gasteiger partial charge < -0.3 is 14.8 Å². The Morgan fingerprint density at radius 1 is 1.05 bits per heavy atom. The van der Waals surface area contributed by atoms with Crippen LogP contribution in [-0.4, -0.2) is 32.9 Å². The molecule has 210 valence electrons. The number of pyridine rings is 1. The lowest BCUT2D eigenvalue weighted by Crippen LogP contribution is -2.33. The average molecular weight is 578 g/mol. The minimum Gasteiger partial charge on any atom is -0.323 e. The van der Waals surface area contributed by atoms with Crippen molar-refractivity contribution in [1.29, 1.82) is 0 Å². The highest BCUT2D eigenvalue weighted by molar-refractivity contribution is 7.17. The number of nitrogens with one attached hydrogen (secondary N) is 1. The second-order valence-corrected chi connectivity index (χ2v) is 12.2. The minimum atomic E-state index is -0.468. The third-order valence-electron chi connectivity index (χ3n) is 8.21. The highest BCUT2D eigenvalue weighted by Gasteiger charge is 2.40. The number of hydrogen-bond acceptors (Lipinski definition) is 5. The summed E-state index contributed by atoms with van der Waals surface area (Å²) in [7, 11) is 0. The Hall–Kier alpha value is -4.63. The molecule has 2 aromatic carbocycles. The number of thiophene rings is 1. The number of halogens is 1. The summed E-state index contributed by atoms with van der Waals surface area (Å²) in [5.74, 6) is -1.01. The molecule has 1 aliphatic heterocycles. The van der Waals surface area contributed by atoms with E-state index in [4.69, 9.17) is 4.98 Å². The second-order valence-electron chi connectivity index (χ2n) is 11.1. The van der Waals surface area contributed by atoms with Crippen LogP contribution in [0.5, 0.6) is 0 Å². The Morgan fingerprint density at radius 3 is 2.67 bits per heavy atom. The quantitative estimate of drug-likeness (QED) is 0.242. The SMILES string of the molecule is Cc1cccc(F)c1NC(=O)c1cc2c(s1)-c1ccccc1N(C(=O)c1cccc(-c3cncn3C3(C)CC3)n1)CC2. The maximum Gasteiger partial charge on any atom is 0.276 e. The zero-order valence-corrected chi connectivity index (χ0v) is 24.0. The lowest BCUT2D eigenvalue weighted by molar-refractivity contribution is 0.0981. The van der Waals surface area contributed by atoms with E-state index in [1.54, 1.807) is 36.2 Å². The van der Waals surface area contributed by atoms with Crippen molar-refractivity contribution in [3.8, 4) is 21.8 Å². The number of carbonyl (C=O) groups is 2. The van der Waals surface area contributed by atoms with Gasteiger partial charge in [-0.3, -0.25) is 9.59 Å². The highest BCUT2D eigenvalue weighted by Crippen LogP contribution is 2.45. The van der Waals surface area contributed by atoms with Gasteiger partial charge in [-0.15, -0.1) is 11.3 Å². The first-order valence-electron chi connectivity index (χ1n) is 13.9. The summed E-state index contributed by atoms with van der Waals surface area (Å²) < 4.78 is 16.5. The second kappa shape index (κ2) is 10.0. The molecule has 5 aromatic rings. The van der Waals surface area contributed by atoms with Gasteiger partial charge >= 0.3 is 0 Å². The summed E-state index contributed by atoms with van der Waals surface area (Å²) in [5, 5.41) is 2.74. The van der Waals surface area contributed by atoms with E-state index in [0.29, 0.717) is 29.1 Å². The molecule has 2 amide bonds. The summed E-state index contributed by atoms with van der Waals surface area (Å²) in [4.78, 5) is 39.5. The largest absolute Gasteiger partial charge is 0.323 e. The van der Waals surface area contributed by atoms with Gasteiger partial charge in [-0.05, 0) is 74.6 Å². The van der Waals surface area contributed by atoms with Crippen molar-refractivity contribution < 1.29 is 14.0 Å². The van der Waals surface area contributed by atoms with Crippen LogP contribution in [0.3, 0.4) is 0 Å². The normalized spacial score (nSPS) is 15.0. The summed E-state index contributed by atoms with van der Waals surface area (Å²) in [6.45, 7) is 4.39. The number of anilines is 2. The maximum absolute atomic E-state index is 14.4. The molecule has 7 rings (SSSR count). The van der Waals surface area contributed by atoms with Crippen molar-refractivity contribution >= 4 is 34.5 Å². The number of amides is 2. The van der Waals surface area contributed by atoms with Gasteiger partial charge in [0.05, 0.1) is 40.2 Å². The first-order chi connectivity index (χ1) is 20.3. The van der Waals surface area contributed by atoms with E-state index < -0.39 is 5.82 Å². The Labute approximate surface area is 246 Å². The number of hydrogen-bond donors (Lipinski definition) is 1. The molecular weight excluding hydrogens is 549 g/mol. The van der Waals surface area contributed by atoms with E-state index in [1.807, 2.05) is 48.8 Å². The Kier molecular flexibility index (Phi) is 6.27. The van der Waals surface area contributed by atoms with Crippen LogP contribution in [0.1, 0.15) is 51.1 Å². The molecule has 0 bridgehead atoms. The van der Waals surface area contributed by atoms with Crippen molar-refractivity contribution in [2.45, 2.75) is 38.6 Å². The van der Waals surface area contributed by atoms with Crippen LogP contribution in [-0.2, 0) is 12.0 Å². The van der Waals surface area contributed by atoms with E-state index in [1.165, 1.54) is 17.4 Å². The van der Waals surface area contributed by atoms with Crippen LogP contribution in [0, 0.1) is 12.7 Å². The van der Waals surface area contributed by atoms with E-state index in [2.05, 4.69) is 21.8 Å². The molecule has 9 heteroatoms. The van der Waals surface area contributed by atoms with Gasteiger partial charge in [0.25, 0.3) is 11.8 Å². The molecule has 4 heterocycles. The molecule has 1 fully saturated rings. The van der Waals surface area contributed by atoms with E-state index in [-0.39, 0.29) is 23.0 Å². The molecule has 1 aliphatic carbocycles. The highest BCUT2D eigenvalue weighted by atomic mass is 32.1. The van der Waals surface area contributed by atoms with Crippen molar-refractivity contribution in [1.82, 2.24) is 14.5 Å². The van der Waals surface area contributed by atoms with Crippen LogP contribution in [0.2, 0.25) is 0 Å². The lowest BCUT2D eigenvalue weighted by Gasteiger charge is -2.23. The van der Waals surface area contributed by atoms with E-state index >= 15 is 0 Å². The molecule has 0 spiro atoms. The van der Waals surface area contributed by atoms with E-state index in [9.17, 15) is 14.0 Å². The van der Waals surface area contributed by atoms with Crippen LogP contribution in [0.4, 0.5) is 15.8 Å². The molecule has 3 aromatic heterocycles. The van der Waals surface area contributed by atoms with Crippen LogP contribution >= 0.6 is 11.3 Å². The summed E-state index contributed by atoms with van der Waals surface area (Å²) in [5.41, 5.74) is 5.50. The average Bonchev–Trinajstić information content (AvgIpc) is 3.39. The van der Waals surface area contributed by atoms with Gasteiger partial charge in [-0.1, -0.05) is 36.4 Å². The first kappa shape index (κ1) is 26.3. The fraction of sp³-hybridized carbons (Fsp3) is 0.212. The maximum atomic E-state index is 14.4. The van der Waals surface area contributed by atoms with Crippen LogP contribution < -0.4 is 10.2 Å². The zero-order chi connectivity index (χ0) is 29.0. The number of carbonyl (C=O) groups excluding carboxylic acids is 2. The molecule has 1 saturated carbocycles. The number of nitrogens with zero attached hydrogens (tertiary/aromatic N) is 4. The molecule has 0 radical (unpaired) electrons. The fourth-order valence-electron chi connectivity index (χ4n) is 5.56. The summed E-state index contributed by atoms with van der Waals surface area (Å²) in [6.07, 6.45) is 6.39. The Morgan fingerprint density at radius 2 is 1.86 bits per heavy atom. The third-order valence-corrected chi connectivity index (χ3v) is 9.42. The predicted octanol–water partition coefficient (Wildman–Crippen LogP) is 7.09. The lowest BCUT2D eigenvalue weighted by atomic mass is 10.1. The van der Waals surface area contributed by atoms with Crippen molar-refractivity contribution in [3.05, 3.63) is 107 Å². The van der Waals surface area contributed by atoms with Gasteiger partial charge in [0.2, 0.25) is 0 Å². The van der Waals surface area contributed by atoms with Crippen LogP contribution in [0.15, 0.2) is 79.3 Å². The van der Waals surface area contributed by atoms with Gasteiger partial charge in [-0.2, -0.15) is 0 Å². The predicted molar refractivity (Wildman–Crippen MR) is 163 cm³/mol. The molecular formula is C33H28FN5O2S. The summed E-state index contributed by atoms with van der Waals surface area (Å²) >= 11 is 1.35. The first-order valence-corrected chi connectivity index (χ1v) is 14.7. The van der Waals surface area contributed by atoms with Gasteiger partial charge in [-0.25, -0.2) is 14.4 Å².